The summed E-state index contributed by atoms with van der Waals surface area (Å²) < 4.78 is 16.5. The molecule has 4 rings (SSSR count). The zero-order chi connectivity index (χ0) is 19.0. The number of rotatable bonds is 5. The molecule has 0 bridgehead atoms. The summed E-state index contributed by atoms with van der Waals surface area (Å²) in [5, 5.41) is 7.50. The van der Waals surface area contributed by atoms with Crippen LogP contribution in [0.15, 0.2) is 36.4 Å². The Morgan fingerprint density at radius 1 is 0.926 bits per heavy atom. The number of benzene rings is 3. The number of nitrogens with one attached hydrogen (secondary N) is 1. The number of hydrogen-bond donors (Lipinski definition) is 1. The van der Waals surface area contributed by atoms with Crippen LogP contribution in [0.25, 0.3) is 21.5 Å². The Kier molecular flexibility index (Phi) is 4.52. The molecular formula is C22H23NO4. The average Bonchev–Trinajstić information content (AvgIpc) is 3.11. The zero-order valence-corrected chi connectivity index (χ0v) is 15.8. The van der Waals surface area contributed by atoms with Gasteiger partial charge in [-0.1, -0.05) is 12.1 Å². The molecule has 1 atom stereocenters. The van der Waals surface area contributed by atoms with Crippen molar-refractivity contribution in [3.63, 3.8) is 0 Å². The number of hydrogen-bond acceptors (Lipinski definition) is 4. The second-order valence-electron chi connectivity index (χ2n) is 6.88. The van der Waals surface area contributed by atoms with Gasteiger partial charge >= 0.3 is 0 Å². The van der Waals surface area contributed by atoms with Gasteiger partial charge in [-0.25, -0.2) is 0 Å². The van der Waals surface area contributed by atoms with Gasteiger partial charge in [0, 0.05) is 12.5 Å². The molecule has 0 saturated carbocycles. The van der Waals surface area contributed by atoms with Crippen LogP contribution in [0.4, 0.5) is 0 Å². The Hall–Kier alpha value is -2.95. The number of amides is 1. The number of methoxy groups -OCH3 is 3. The van der Waals surface area contributed by atoms with Crippen molar-refractivity contribution in [1.82, 2.24) is 5.32 Å². The standard InChI is InChI=1S/C22H23NO4/c1-25-16-6-4-13-8-14(9-15-5-7-22(24)23-15)18-11-20(26-2)21(27-3)12-19(18)17(13)10-16/h4,6,8,10-12,15H,5,7,9H2,1-3H3,(H,23,24)/t15-/m1/s1. The van der Waals surface area contributed by atoms with Gasteiger partial charge in [0.15, 0.2) is 11.5 Å². The van der Waals surface area contributed by atoms with E-state index in [1.54, 1.807) is 21.3 Å². The van der Waals surface area contributed by atoms with E-state index in [-0.39, 0.29) is 11.9 Å². The van der Waals surface area contributed by atoms with E-state index in [1.807, 2.05) is 24.3 Å². The van der Waals surface area contributed by atoms with Crippen molar-refractivity contribution >= 4 is 27.5 Å². The van der Waals surface area contributed by atoms with Crippen molar-refractivity contribution in [3.05, 3.63) is 42.0 Å². The van der Waals surface area contributed by atoms with E-state index >= 15 is 0 Å². The lowest BCUT2D eigenvalue weighted by molar-refractivity contribution is -0.119. The van der Waals surface area contributed by atoms with E-state index < -0.39 is 0 Å². The maximum atomic E-state index is 11.6. The minimum absolute atomic E-state index is 0.133. The lowest BCUT2D eigenvalue weighted by Gasteiger charge is -2.17. The summed E-state index contributed by atoms with van der Waals surface area (Å²) in [6.07, 6.45) is 2.26. The molecule has 3 aromatic rings. The Bertz CT molecular complexity index is 1030. The summed E-state index contributed by atoms with van der Waals surface area (Å²) in [6, 6.07) is 12.5. The van der Waals surface area contributed by atoms with Gasteiger partial charge < -0.3 is 19.5 Å². The third-order valence-electron chi connectivity index (χ3n) is 5.30. The Labute approximate surface area is 158 Å². The van der Waals surface area contributed by atoms with E-state index in [0.29, 0.717) is 17.9 Å². The van der Waals surface area contributed by atoms with Crippen molar-refractivity contribution < 1.29 is 19.0 Å². The molecular weight excluding hydrogens is 342 g/mol. The minimum Gasteiger partial charge on any atom is -0.497 e. The van der Waals surface area contributed by atoms with E-state index in [2.05, 4.69) is 17.4 Å². The molecule has 1 aliphatic heterocycles. The molecule has 0 unspecified atom stereocenters. The summed E-state index contributed by atoms with van der Waals surface area (Å²) in [5.74, 6) is 2.34. The molecule has 5 nitrogen and oxygen atoms in total. The first-order chi connectivity index (χ1) is 13.1. The summed E-state index contributed by atoms with van der Waals surface area (Å²) in [5.41, 5.74) is 1.19. The predicted octanol–water partition coefficient (Wildman–Crippen LogP) is 3.84. The Morgan fingerprint density at radius 3 is 2.30 bits per heavy atom. The highest BCUT2D eigenvalue weighted by molar-refractivity contribution is 6.10. The van der Waals surface area contributed by atoms with Crippen LogP contribution in [0.1, 0.15) is 18.4 Å². The van der Waals surface area contributed by atoms with Crippen molar-refractivity contribution in [3.8, 4) is 17.2 Å². The minimum atomic E-state index is 0.133. The molecule has 1 heterocycles. The van der Waals surface area contributed by atoms with Crippen molar-refractivity contribution in [1.29, 1.82) is 0 Å². The maximum absolute atomic E-state index is 11.6. The largest absolute Gasteiger partial charge is 0.497 e. The lowest BCUT2D eigenvalue weighted by atomic mass is 9.92. The summed E-state index contributed by atoms with van der Waals surface area (Å²) in [6.45, 7) is 0. The summed E-state index contributed by atoms with van der Waals surface area (Å²) >= 11 is 0. The number of ether oxygens (including phenoxy) is 3. The van der Waals surface area contributed by atoms with E-state index in [4.69, 9.17) is 14.2 Å². The molecule has 0 radical (unpaired) electrons. The molecule has 1 aliphatic rings. The van der Waals surface area contributed by atoms with Crippen LogP contribution in [-0.2, 0) is 11.2 Å². The molecule has 0 aliphatic carbocycles. The normalized spacial score (nSPS) is 16.6. The van der Waals surface area contributed by atoms with Gasteiger partial charge in [0.25, 0.3) is 0 Å². The molecule has 3 aromatic carbocycles. The van der Waals surface area contributed by atoms with Crippen molar-refractivity contribution in [2.24, 2.45) is 0 Å². The van der Waals surface area contributed by atoms with Crippen molar-refractivity contribution in [2.45, 2.75) is 25.3 Å². The van der Waals surface area contributed by atoms with Crippen LogP contribution in [0.3, 0.4) is 0 Å². The fourth-order valence-corrected chi connectivity index (χ4v) is 3.92. The highest BCUT2D eigenvalue weighted by Crippen LogP contribution is 2.39. The number of fused-ring (bicyclic) bond motifs is 3. The molecule has 0 aromatic heterocycles. The molecule has 27 heavy (non-hydrogen) atoms. The highest BCUT2D eigenvalue weighted by Gasteiger charge is 2.22. The van der Waals surface area contributed by atoms with Crippen LogP contribution < -0.4 is 19.5 Å². The second kappa shape index (κ2) is 6.99. The van der Waals surface area contributed by atoms with Gasteiger partial charge in [-0.05, 0) is 64.2 Å². The van der Waals surface area contributed by atoms with Gasteiger partial charge in [-0.2, -0.15) is 0 Å². The molecule has 5 heteroatoms. The molecule has 1 saturated heterocycles. The third-order valence-corrected chi connectivity index (χ3v) is 5.30. The van der Waals surface area contributed by atoms with Crippen LogP contribution >= 0.6 is 0 Å². The lowest BCUT2D eigenvalue weighted by Crippen LogP contribution is -2.27. The molecule has 1 amide bonds. The first kappa shape index (κ1) is 17.5. The molecule has 1 N–H and O–H groups in total. The fourth-order valence-electron chi connectivity index (χ4n) is 3.92. The zero-order valence-electron chi connectivity index (χ0n) is 15.8. The van der Waals surface area contributed by atoms with Crippen LogP contribution in [-0.4, -0.2) is 33.3 Å². The van der Waals surface area contributed by atoms with Gasteiger partial charge in [0.1, 0.15) is 5.75 Å². The molecule has 140 valence electrons. The number of carbonyl (C=O) groups excluding carboxylic acids is 1. The van der Waals surface area contributed by atoms with Crippen LogP contribution in [0, 0.1) is 0 Å². The first-order valence-electron chi connectivity index (χ1n) is 9.07. The topological polar surface area (TPSA) is 56.8 Å². The summed E-state index contributed by atoms with van der Waals surface area (Å²) in [7, 11) is 4.96. The first-order valence-corrected chi connectivity index (χ1v) is 9.07. The smallest absolute Gasteiger partial charge is 0.220 e. The average molecular weight is 365 g/mol. The highest BCUT2D eigenvalue weighted by atomic mass is 16.5. The van der Waals surface area contributed by atoms with E-state index in [0.717, 1.165) is 40.1 Å². The fraction of sp³-hybridized carbons (Fsp3) is 0.318. The van der Waals surface area contributed by atoms with E-state index in [9.17, 15) is 4.79 Å². The quantitative estimate of drug-likeness (QED) is 0.698. The van der Waals surface area contributed by atoms with Crippen molar-refractivity contribution in [2.75, 3.05) is 21.3 Å². The van der Waals surface area contributed by atoms with E-state index in [1.165, 1.54) is 5.56 Å². The van der Waals surface area contributed by atoms with Crippen LogP contribution in [0.5, 0.6) is 17.2 Å². The predicted molar refractivity (Wildman–Crippen MR) is 106 cm³/mol. The van der Waals surface area contributed by atoms with Gasteiger partial charge in [0.2, 0.25) is 5.91 Å². The third kappa shape index (κ3) is 3.14. The monoisotopic (exact) mass is 365 g/mol. The number of carbonyl (C=O) groups is 1. The molecule has 1 fully saturated rings. The Morgan fingerprint density at radius 2 is 1.67 bits per heavy atom. The van der Waals surface area contributed by atoms with Gasteiger partial charge in [0.05, 0.1) is 21.3 Å². The molecule has 0 spiro atoms. The van der Waals surface area contributed by atoms with Gasteiger partial charge in [-0.3, -0.25) is 4.79 Å². The summed E-state index contributed by atoms with van der Waals surface area (Å²) in [4.78, 5) is 11.6. The maximum Gasteiger partial charge on any atom is 0.220 e. The van der Waals surface area contributed by atoms with Crippen LogP contribution in [0.2, 0.25) is 0 Å². The SMILES string of the molecule is COc1ccc2cc(C[C@H]3CCC(=O)N3)c3cc(OC)c(OC)cc3c2c1. The second-order valence-corrected chi connectivity index (χ2v) is 6.88. The Balaban J connectivity index is 1.95. The van der Waals surface area contributed by atoms with Gasteiger partial charge in [-0.15, -0.1) is 0 Å².